The molecule has 0 radical (unpaired) electrons. The Kier molecular flexibility index (Phi) is 5.29. The monoisotopic (exact) mass is 244 g/mol. The highest BCUT2D eigenvalue weighted by atomic mass is 35.5. The summed E-state index contributed by atoms with van der Waals surface area (Å²) in [5.41, 5.74) is 0.775. The SMILES string of the molecule is CCCn1ncc(Cl)c1C(O)C(CC)CC. The topological polar surface area (TPSA) is 38.0 Å². The molecule has 1 rings (SSSR count). The zero-order valence-electron chi connectivity index (χ0n) is 10.3. The first-order chi connectivity index (χ1) is 7.65. The molecule has 0 aromatic carbocycles. The van der Waals surface area contributed by atoms with Crippen LogP contribution in [-0.2, 0) is 6.54 Å². The van der Waals surface area contributed by atoms with Crippen LogP contribution >= 0.6 is 11.6 Å². The Balaban J connectivity index is 2.95. The van der Waals surface area contributed by atoms with Gasteiger partial charge >= 0.3 is 0 Å². The number of aliphatic hydroxyl groups excluding tert-OH is 1. The summed E-state index contributed by atoms with van der Waals surface area (Å²) in [5, 5.41) is 15.1. The van der Waals surface area contributed by atoms with Crippen LogP contribution in [0.15, 0.2) is 6.20 Å². The van der Waals surface area contributed by atoms with Gasteiger partial charge in [0.25, 0.3) is 0 Å². The maximum absolute atomic E-state index is 10.3. The quantitative estimate of drug-likeness (QED) is 0.833. The van der Waals surface area contributed by atoms with E-state index in [1.54, 1.807) is 6.20 Å². The third kappa shape index (κ3) is 2.77. The van der Waals surface area contributed by atoms with E-state index < -0.39 is 6.10 Å². The van der Waals surface area contributed by atoms with Crippen LogP contribution in [-0.4, -0.2) is 14.9 Å². The van der Waals surface area contributed by atoms with Crippen molar-refractivity contribution in [2.75, 3.05) is 0 Å². The van der Waals surface area contributed by atoms with Gasteiger partial charge in [-0.1, -0.05) is 45.2 Å². The molecule has 92 valence electrons. The van der Waals surface area contributed by atoms with Crippen LogP contribution < -0.4 is 0 Å². The molecule has 0 aliphatic heterocycles. The second-order valence-corrected chi connectivity index (χ2v) is 4.53. The minimum atomic E-state index is -0.503. The van der Waals surface area contributed by atoms with Gasteiger partial charge in [0, 0.05) is 6.54 Å². The maximum atomic E-state index is 10.3. The first-order valence-corrected chi connectivity index (χ1v) is 6.42. The summed E-state index contributed by atoms with van der Waals surface area (Å²) in [6.07, 6.45) is 4.01. The number of aliphatic hydroxyl groups is 1. The molecule has 0 amide bonds. The molecule has 16 heavy (non-hydrogen) atoms. The van der Waals surface area contributed by atoms with Crippen molar-refractivity contribution in [3.63, 3.8) is 0 Å². The van der Waals surface area contributed by atoms with Crippen LogP contribution in [0.25, 0.3) is 0 Å². The second-order valence-electron chi connectivity index (χ2n) is 4.12. The van der Waals surface area contributed by atoms with E-state index in [0.717, 1.165) is 31.5 Å². The summed E-state index contributed by atoms with van der Waals surface area (Å²) < 4.78 is 1.82. The van der Waals surface area contributed by atoms with Crippen LogP contribution in [0.3, 0.4) is 0 Å². The molecule has 1 aromatic rings. The number of halogens is 1. The molecular formula is C12H21ClN2O. The van der Waals surface area contributed by atoms with Crippen molar-refractivity contribution < 1.29 is 5.11 Å². The first-order valence-electron chi connectivity index (χ1n) is 6.04. The lowest BCUT2D eigenvalue weighted by Crippen LogP contribution is -2.16. The summed E-state index contributed by atoms with van der Waals surface area (Å²) in [7, 11) is 0. The highest BCUT2D eigenvalue weighted by Crippen LogP contribution is 2.31. The van der Waals surface area contributed by atoms with Gasteiger partial charge in [-0.15, -0.1) is 0 Å². The molecule has 0 spiro atoms. The van der Waals surface area contributed by atoms with Crippen molar-refractivity contribution in [3.05, 3.63) is 16.9 Å². The largest absolute Gasteiger partial charge is 0.386 e. The molecule has 4 heteroatoms. The number of nitrogens with zero attached hydrogens (tertiary/aromatic N) is 2. The normalized spacial score (nSPS) is 13.4. The van der Waals surface area contributed by atoms with E-state index in [-0.39, 0.29) is 5.92 Å². The van der Waals surface area contributed by atoms with Crippen molar-refractivity contribution in [3.8, 4) is 0 Å². The minimum Gasteiger partial charge on any atom is -0.386 e. The number of aryl methyl sites for hydroxylation is 1. The molecule has 0 bridgehead atoms. The van der Waals surface area contributed by atoms with Gasteiger partial charge in [-0.2, -0.15) is 5.10 Å². The summed E-state index contributed by atoms with van der Waals surface area (Å²) in [5.74, 6) is 0.254. The molecule has 0 saturated carbocycles. The lowest BCUT2D eigenvalue weighted by atomic mass is 9.94. The standard InChI is InChI=1S/C12H21ClN2O/c1-4-7-15-11(10(13)8-14-15)12(16)9(5-2)6-3/h8-9,12,16H,4-7H2,1-3H3. The molecule has 0 aliphatic rings. The Morgan fingerprint density at radius 1 is 1.38 bits per heavy atom. The fourth-order valence-electron chi connectivity index (χ4n) is 2.01. The predicted octanol–water partition coefficient (Wildman–Crippen LogP) is 3.42. The minimum absolute atomic E-state index is 0.254. The fraction of sp³-hybridized carbons (Fsp3) is 0.750. The molecule has 3 nitrogen and oxygen atoms in total. The van der Waals surface area contributed by atoms with Gasteiger partial charge in [0.05, 0.1) is 23.0 Å². The van der Waals surface area contributed by atoms with Crippen LogP contribution in [0.1, 0.15) is 51.8 Å². The predicted molar refractivity (Wildman–Crippen MR) is 66.6 cm³/mol. The molecule has 0 fully saturated rings. The van der Waals surface area contributed by atoms with Crippen LogP contribution in [0.4, 0.5) is 0 Å². The third-order valence-electron chi connectivity index (χ3n) is 3.04. The van der Waals surface area contributed by atoms with Crippen molar-refractivity contribution >= 4 is 11.6 Å². The number of aromatic nitrogens is 2. The van der Waals surface area contributed by atoms with Gasteiger partial charge in [-0.05, 0) is 12.3 Å². The summed E-state index contributed by atoms with van der Waals surface area (Å²) in [6.45, 7) is 7.07. The molecule has 1 N–H and O–H groups in total. The first kappa shape index (κ1) is 13.5. The van der Waals surface area contributed by atoms with Gasteiger partial charge in [-0.25, -0.2) is 0 Å². The van der Waals surface area contributed by atoms with Gasteiger partial charge in [0.2, 0.25) is 0 Å². The third-order valence-corrected chi connectivity index (χ3v) is 3.34. The molecule has 0 aliphatic carbocycles. The average molecular weight is 245 g/mol. The van der Waals surface area contributed by atoms with Gasteiger partial charge < -0.3 is 5.11 Å². The van der Waals surface area contributed by atoms with E-state index in [2.05, 4.69) is 25.9 Å². The molecule has 1 atom stereocenters. The van der Waals surface area contributed by atoms with E-state index in [9.17, 15) is 5.11 Å². The molecule has 1 heterocycles. The van der Waals surface area contributed by atoms with Crippen LogP contribution in [0.2, 0.25) is 5.02 Å². The maximum Gasteiger partial charge on any atom is 0.0999 e. The zero-order chi connectivity index (χ0) is 12.1. The van der Waals surface area contributed by atoms with Crippen LogP contribution in [0.5, 0.6) is 0 Å². The number of rotatable bonds is 6. The van der Waals surface area contributed by atoms with E-state index in [4.69, 9.17) is 11.6 Å². The van der Waals surface area contributed by atoms with Gasteiger partial charge in [-0.3, -0.25) is 4.68 Å². The van der Waals surface area contributed by atoms with Gasteiger partial charge in [0.1, 0.15) is 0 Å². The Morgan fingerprint density at radius 2 is 2.00 bits per heavy atom. The van der Waals surface area contributed by atoms with Crippen molar-refractivity contribution in [2.24, 2.45) is 5.92 Å². The van der Waals surface area contributed by atoms with E-state index in [1.807, 2.05) is 4.68 Å². The fourth-order valence-corrected chi connectivity index (χ4v) is 2.27. The van der Waals surface area contributed by atoms with E-state index in [0.29, 0.717) is 5.02 Å². The smallest absolute Gasteiger partial charge is 0.0999 e. The van der Waals surface area contributed by atoms with Crippen molar-refractivity contribution in [1.29, 1.82) is 0 Å². The Labute approximate surface area is 102 Å². The number of hydrogen-bond donors (Lipinski definition) is 1. The molecule has 0 saturated heterocycles. The molecular weight excluding hydrogens is 224 g/mol. The molecule has 1 unspecified atom stereocenters. The van der Waals surface area contributed by atoms with Crippen molar-refractivity contribution in [1.82, 2.24) is 9.78 Å². The van der Waals surface area contributed by atoms with Crippen molar-refractivity contribution in [2.45, 2.75) is 52.7 Å². The van der Waals surface area contributed by atoms with Crippen LogP contribution in [0, 0.1) is 5.92 Å². The lowest BCUT2D eigenvalue weighted by Gasteiger charge is -2.21. The van der Waals surface area contributed by atoms with Gasteiger partial charge in [0.15, 0.2) is 0 Å². The Bertz CT molecular complexity index is 321. The highest BCUT2D eigenvalue weighted by molar-refractivity contribution is 6.31. The number of hydrogen-bond acceptors (Lipinski definition) is 2. The van der Waals surface area contributed by atoms with E-state index in [1.165, 1.54) is 0 Å². The summed E-state index contributed by atoms with van der Waals surface area (Å²) >= 11 is 6.09. The highest BCUT2D eigenvalue weighted by Gasteiger charge is 2.24. The second kappa shape index (κ2) is 6.26. The average Bonchev–Trinajstić information content (AvgIpc) is 2.62. The van der Waals surface area contributed by atoms with E-state index >= 15 is 0 Å². The molecule has 1 aromatic heterocycles. The Hall–Kier alpha value is -0.540. The zero-order valence-corrected chi connectivity index (χ0v) is 11.0. The Morgan fingerprint density at radius 3 is 2.50 bits per heavy atom. The lowest BCUT2D eigenvalue weighted by molar-refractivity contribution is 0.0941. The summed E-state index contributed by atoms with van der Waals surface area (Å²) in [6, 6.07) is 0. The summed E-state index contributed by atoms with van der Waals surface area (Å²) in [4.78, 5) is 0.